The number of dihydropyridines is 1. The summed E-state index contributed by atoms with van der Waals surface area (Å²) in [6, 6.07) is 6.49. The summed E-state index contributed by atoms with van der Waals surface area (Å²) in [4.78, 5) is 12.2. The average Bonchev–Trinajstić information content (AvgIpc) is 2.46. The molecule has 0 saturated heterocycles. The largest absolute Gasteiger partial charge is 0.466 e. The van der Waals surface area contributed by atoms with Crippen LogP contribution in [0.15, 0.2) is 40.7 Å². The fourth-order valence-corrected chi connectivity index (χ4v) is 2.80. The lowest BCUT2D eigenvalue weighted by atomic mass is 9.79. The van der Waals surface area contributed by atoms with Crippen LogP contribution in [0.3, 0.4) is 0 Å². The maximum Gasteiger partial charge on any atom is 0.336 e. The second-order valence-electron chi connectivity index (χ2n) is 5.24. The molecule has 0 fully saturated rings. The number of benzene rings is 1. The molecule has 1 unspecified atom stereocenters. The van der Waals surface area contributed by atoms with Crippen molar-refractivity contribution in [2.75, 3.05) is 7.11 Å². The molecule has 0 spiro atoms. The van der Waals surface area contributed by atoms with Gasteiger partial charge in [-0.1, -0.05) is 6.07 Å². The number of nitriles is 1. The third kappa shape index (κ3) is 2.60. The molecule has 2 rings (SSSR count). The summed E-state index contributed by atoms with van der Waals surface area (Å²) in [5, 5.41) is 12.5. The molecule has 0 aromatic heterocycles. The van der Waals surface area contributed by atoms with Crippen molar-refractivity contribution >= 4 is 5.97 Å². The van der Waals surface area contributed by atoms with E-state index >= 15 is 0 Å². The molecule has 0 aliphatic carbocycles. The zero-order chi connectivity index (χ0) is 16.4. The summed E-state index contributed by atoms with van der Waals surface area (Å²) < 4.78 is 18.2. The van der Waals surface area contributed by atoms with E-state index in [2.05, 4.69) is 11.4 Å². The van der Waals surface area contributed by atoms with Crippen LogP contribution in [0.25, 0.3) is 0 Å². The molecule has 0 bridgehead atoms. The lowest BCUT2D eigenvalue weighted by Gasteiger charge is -2.29. The molecular formula is C17H17FN2O2. The van der Waals surface area contributed by atoms with Crippen molar-refractivity contribution in [1.82, 2.24) is 5.32 Å². The molecule has 0 radical (unpaired) electrons. The fourth-order valence-electron chi connectivity index (χ4n) is 2.80. The Kier molecular flexibility index (Phi) is 4.32. The van der Waals surface area contributed by atoms with E-state index < -0.39 is 11.9 Å². The number of rotatable bonds is 2. The minimum Gasteiger partial charge on any atom is -0.466 e. The molecule has 0 saturated carbocycles. The monoisotopic (exact) mass is 300 g/mol. The minimum atomic E-state index is -0.556. The molecule has 5 heteroatoms. The van der Waals surface area contributed by atoms with Crippen molar-refractivity contribution < 1.29 is 13.9 Å². The highest BCUT2D eigenvalue weighted by Gasteiger charge is 2.34. The van der Waals surface area contributed by atoms with E-state index in [1.54, 1.807) is 26.8 Å². The number of halogens is 1. The Bertz CT molecular complexity index is 742. The van der Waals surface area contributed by atoms with E-state index in [9.17, 15) is 14.4 Å². The first-order chi connectivity index (χ1) is 10.4. The molecule has 1 atom stereocenters. The number of nitrogens with zero attached hydrogens (tertiary/aromatic N) is 1. The number of aryl methyl sites for hydroxylation is 1. The molecule has 1 aliphatic heterocycles. The molecule has 1 aliphatic rings. The quantitative estimate of drug-likeness (QED) is 0.853. The summed E-state index contributed by atoms with van der Waals surface area (Å²) in [5.41, 5.74) is 3.53. The fraction of sp³-hybridized carbons (Fsp3) is 0.294. The number of methoxy groups -OCH3 is 1. The van der Waals surface area contributed by atoms with E-state index in [0.29, 0.717) is 28.1 Å². The molecule has 0 amide bonds. The number of hydrogen-bond donors (Lipinski definition) is 1. The van der Waals surface area contributed by atoms with Gasteiger partial charge in [-0.3, -0.25) is 0 Å². The van der Waals surface area contributed by atoms with Crippen LogP contribution >= 0.6 is 0 Å². The number of carbonyl (C=O) groups excluding carboxylic acids is 1. The molecule has 1 N–H and O–H groups in total. The standard InChI is InChI=1S/C17H17FN2O2/c1-9-7-12(18)5-6-13(9)16-14(8-19)10(2)20-11(3)15(16)17(21)22-4/h5-7,16,20H,1-4H3. The summed E-state index contributed by atoms with van der Waals surface area (Å²) in [6.45, 7) is 5.30. The van der Waals surface area contributed by atoms with Gasteiger partial charge in [-0.15, -0.1) is 0 Å². The van der Waals surface area contributed by atoms with E-state index in [-0.39, 0.29) is 5.82 Å². The number of allylic oxidation sites excluding steroid dienone is 3. The summed E-state index contributed by atoms with van der Waals surface area (Å²) in [5.74, 6) is -1.41. The van der Waals surface area contributed by atoms with Gasteiger partial charge in [0.05, 0.1) is 30.2 Å². The van der Waals surface area contributed by atoms with Gasteiger partial charge in [-0.25, -0.2) is 9.18 Å². The van der Waals surface area contributed by atoms with Gasteiger partial charge >= 0.3 is 5.97 Å². The number of ether oxygens (including phenoxy) is 1. The van der Waals surface area contributed by atoms with Crippen LogP contribution in [0.5, 0.6) is 0 Å². The summed E-state index contributed by atoms with van der Waals surface area (Å²) in [6.07, 6.45) is 0. The second kappa shape index (κ2) is 6.02. The first-order valence-corrected chi connectivity index (χ1v) is 6.83. The number of carbonyl (C=O) groups is 1. The summed E-state index contributed by atoms with van der Waals surface area (Å²) >= 11 is 0. The van der Waals surface area contributed by atoms with Crippen LogP contribution in [0.2, 0.25) is 0 Å². The SMILES string of the molecule is COC(=O)C1=C(C)NC(C)=C(C#N)C1c1ccc(F)cc1C. The highest BCUT2D eigenvalue weighted by molar-refractivity contribution is 5.93. The van der Waals surface area contributed by atoms with Crippen molar-refractivity contribution in [1.29, 1.82) is 5.26 Å². The van der Waals surface area contributed by atoms with Crippen molar-refractivity contribution in [3.05, 3.63) is 57.7 Å². The zero-order valence-corrected chi connectivity index (χ0v) is 13.0. The third-order valence-corrected chi connectivity index (χ3v) is 3.83. The third-order valence-electron chi connectivity index (χ3n) is 3.83. The number of hydrogen-bond acceptors (Lipinski definition) is 4. The number of nitrogens with one attached hydrogen (secondary N) is 1. The van der Waals surface area contributed by atoms with Gasteiger partial charge in [0, 0.05) is 11.4 Å². The van der Waals surface area contributed by atoms with Crippen molar-refractivity contribution in [2.24, 2.45) is 0 Å². The van der Waals surface area contributed by atoms with Crippen molar-refractivity contribution in [3.63, 3.8) is 0 Å². The van der Waals surface area contributed by atoms with Crippen LogP contribution in [-0.2, 0) is 9.53 Å². The maximum atomic E-state index is 13.4. The molecular weight excluding hydrogens is 283 g/mol. The Morgan fingerprint density at radius 3 is 2.55 bits per heavy atom. The van der Waals surface area contributed by atoms with Crippen molar-refractivity contribution in [3.8, 4) is 6.07 Å². The van der Waals surface area contributed by atoms with E-state index in [0.717, 1.165) is 5.56 Å². The van der Waals surface area contributed by atoms with Crippen LogP contribution in [0.1, 0.15) is 30.9 Å². The topological polar surface area (TPSA) is 62.1 Å². The molecule has 1 aromatic rings. The van der Waals surface area contributed by atoms with Gasteiger partial charge < -0.3 is 10.1 Å². The van der Waals surface area contributed by atoms with E-state index in [1.807, 2.05) is 0 Å². The normalized spacial score (nSPS) is 17.9. The highest BCUT2D eigenvalue weighted by atomic mass is 19.1. The van der Waals surface area contributed by atoms with Crippen LogP contribution in [0, 0.1) is 24.1 Å². The van der Waals surface area contributed by atoms with Gasteiger partial charge in [0.2, 0.25) is 0 Å². The highest BCUT2D eigenvalue weighted by Crippen LogP contribution is 2.39. The number of esters is 1. The Morgan fingerprint density at radius 1 is 1.32 bits per heavy atom. The van der Waals surface area contributed by atoms with Crippen molar-refractivity contribution in [2.45, 2.75) is 26.7 Å². The average molecular weight is 300 g/mol. The lowest BCUT2D eigenvalue weighted by molar-refractivity contribution is -0.136. The van der Waals surface area contributed by atoms with Gasteiger partial charge in [-0.05, 0) is 44.0 Å². The van der Waals surface area contributed by atoms with E-state index in [1.165, 1.54) is 19.2 Å². The maximum absolute atomic E-state index is 13.4. The van der Waals surface area contributed by atoms with Gasteiger partial charge in [0.15, 0.2) is 0 Å². The van der Waals surface area contributed by atoms with Crippen LogP contribution in [-0.4, -0.2) is 13.1 Å². The zero-order valence-electron chi connectivity index (χ0n) is 13.0. The van der Waals surface area contributed by atoms with E-state index in [4.69, 9.17) is 4.74 Å². The minimum absolute atomic E-state index is 0.352. The molecule has 1 heterocycles. The molecule has 22 heavy (non-hydrogen) atoms. The molecule has 1 aromatic carbocycles. The molecule has 114 valence electrons. The molecule has 4 nitrogen and oxygen atoms in total. The van der Waals surface area contributed by atoms with Crippen LogP contribution < -0.4 is 5.32 Å². The first kappa shape index (κ1) is 15.8. The summed E-state index contributed by atoms with van der Waals surface area (Å²) in [7, 11) is 1.30. The second-order valence-corrected chi connectivity index (χ2v) is 5.24. The van der Waals surface area contributed by atoms with Gasteiger partial charge in [0.25, 0.3) is 0 Å². The smallest absolute Gasteiger partial charge is 0.336 e. The Balaban J connectivity index is 2.71. The Labute approximate surface area is 128 Å². The predicted molar refractivity (Wildman–Crippen MR) is 80.0 cm³/mol. The van der Waals surface area contributed by atoms with Crippen LogP contribution in [0.4, 0.5) is 4.39 Å². The lowest BCUT2D eigenvalue weighted by Crippen LogP contribution is -2.28. The Morgan fingerprint density at radius 2 is 2.00 bits per heavy atom. The first-order valence-electron chi connectivity index (χ1n) is 6.83. The van der Waals surface area contributed by atoms with Gasteiger partial charge in [0.1, 0.15) is 5.82 Å². The Hall–Kier alpha value is -2.61. The predicted octanol–water partition coefficient (Wildman–Crippen LogP) is 3.07. The van der Waals surface area contributed by atoms with Gasteiger partial charge in [-0.2, -0.15) is 5.26 Å².